The number of nitrogens with one attached hydrogen (secondary N) is 1. The fraction of sp³-hybridized carbons (Fsp3) is 0.421. The molecule has 1 aromatic carbocycles. The molecule has 0 bridgehead atoms. The highest BCUT2D eigenvalue weighted by molar-refractivity contribution is 5.78. The van der Waals surface area contributed by atoms with E-state index in [1.807, 2.05) is 24.3 Å². The van der Waals surface area contributed by atoms with Crippen molar-refractivity contribution in [2.75, 3.05) is 6.61 Å². The second-order valence-corrected chi connectivity index (χ2v) is 6.33. The highest BCUT2D eigenvalue weighted by Gasteiger charge is 2.24. The Kier molecular flexibility index (Phi) is 4.70. The Morgan fingerprint density at radius 3 is 3.09 bits per heavy atom. The van der Waals surface area contributed by atoms with Crippen LogP contribution in [-0.2, 0) is 11.2 Å². The van der Waals surface area contributed by atoms with Gasteiger partial charge in [0, 0.05) is 12.0 Å². The zero-order chi connectivity index (χ0) is 16.2. The average molecular weight is 313 g/mol. The minimum Gasteiger partial charge on any atom is -0.484 e. The molecule has 2 aromatic rings. The van der Waals surface area contributed by atoms with Crippen molar-refractivity contribution < 1.29 is 13.9 Å². The predicted molar refractivity (Wildman–Crippen MR) is 88.6 cm³/mol. The van der Waals surface area contributed by atoms with Gasteiger partial charge in [-0.1, -0.05) is 26.0 Å². The van der Waals surface area contributed by atoms with Gasteiger partial charge in [-0.3, -0.25) is 4.79 Å². The van der Waals surface area contributed by atoms with Crippen molar-refractivity contribution in [2.24, 2.45) is 0 Å². The van der Waals surface area contributed by atoms with E-state index in [0.717, 1.165) is 36.3 Å². The standard InChI is InChI=1S/C19H23NO3/c1-13(2)14-5-3-6-15(11-14)23-12-19(21)20-17-7-4-8-18-16(17)9-10-22-18/h3,5-6,9-11,13,17H,4,7-8,12H2,1-2H3,(H,20,21). The van der Waals surface area contributed by atoms with Gasteiger partial charge in [0.1, 0.15) is 11.5 Å². The highest BCUT2D eigenvalue weighted by atomic mass is 16.5. The summed E-state index contributed by atoms with van der Waals surface area (Å²) in [4.78, 5) is 12.2. The maximum atomic E-state index is 12.2. The van der Waals surface area contributed by atoms with Crippen molar-refractivity contribution in [1.82, 2.24) is 5.32 Å². The summed E-state index contributed by atoms with van der Waals surface area (Å²) in [5, 5.41) is 3.04. The number of hydrogen-bond donors (Lipinski definition) is 1. The van der Waals surface area contributed by atoms with Crippen LogP contribution in [0.25, 0.3) is 0 Å². The number of ether oxygens (including phenoxy) is 1. The Bertz CT molecular complexity index is 675. The molecule has 0 radical (unpaired) electrons. The number of hydrogen-bond acceptors (Lipinski definition) is 3. The lowest BCUT2D eigenvalue weighted by atomic mass is 9.93. The molecule has 0 saturated carbocycles. The first-order valence-corrected chi connectivity index (χ1v) is 8.22. The first-order chi connectivity index (χ1) is 11.1. The second kappa shape index (κ2) is 6.90. The van der Waals surface area contributed by atoms with Gasteiger partial charge in [-0.25, -0.2) is 0 Å². The Morgan fingerprint density at radius 2 is 2.26 bits per heavy atom. The minimum absolute atomic E-state index is 0.0330. The summed E-state index contributed by atoms with van der Waals surface area (Å²) in [5.74, 6) is 2.07. The number of benzene rings is 1. The number of rotatable bonds is 5. The third kappa shape index (κ3) is 3.76. The molecule has 4 nitrogen and oxygen atoms in total. The van der Waals surface area contributed by atoms with Crippen LogP contribution in [0.15, 0.2) is 41.0 Å². The largest absolute Gasteiger partial charge is 0.484 e. The fourth-order valence-corrected chi connectivity index (χ4v) is 2.98. The number of furan rings is 1. The van der Waals surface area contributed by atoms with Gasteiger partial charge in [-0.05, 0) is 42.5 Å². The van der Waals surface area contributed by atoms with Gasteiger partial charge in [0.25, 0.3) is 5.91 Å². The quantitative estimate of drug-likeness (QED) is 0.908. The van der Waals surface area contributed by atoms with Crippen molar-refractivity contribution in [1.29, 1.82) is 0 Å². The minimum atomic E-state index is -0.0981. The summed E-state index contributed by atoms with van der Waals surface area (Å²) >= 11 is 0. The average Bonchev–Trinajstić information content (AvgIpc) is 3.03. The molecular weight excluding hydrogens is 290 g/mol. The third-order valence-electron chi connectivity index (χ3n) is 4.28. The number of aryl methyl sites for hydroxylation is 1. The normalized spacial score (nSPS) is 16.9. The molecule has 1 unspecified atom stereocenters. The topological polar surface area (TPSA) is 51.5 Å². The number of carbonyl (C=O) groups excluding carboxylic acids is 1. The lowest BCUT2D eigenvalue weighted by Gasteiger charge is -2.22. The second-order valence-electron chi connectivity index (χ2n) is 6.33. The van der Waals surface area contributed by atoms with E-state index in [1.165, 1.54) is 5.56 Å². The van der Waals surface area contributed by atoms with E-state index in [-0.39, 0.29) is 18.6 Å². The lowest BCUT2D eigenvalue weighted by Crippen LogP contribution is -2.34. The SMILES string of the molecule is CC(C)c1cccc(OCC(=O)NC2CCCc3occc32)c1. The van der Waals surface area contributed by atoms with Crippen LogP contribution in [0.3, 0.4) is 0 Å². The summed E-state index contributed by atoms with van der Waals surface area (Å²) in [6.07, 6.45) is 4.63. The van der Waals surface area contributed by atoms with Gasteiger partial charge in [-0.15, -0.1) is 0 Å². The molecule has 0 spiro atoms. The van der Waals surface area contributed by atoms with Gasteiger partial charge < -0.3 is 14.5 Å². The monoisotopic (exact) mass is 313 g/mol. The van der Waals surface area contributed by atoms with E-state index in [1.54, 1.807) is 6.26 Å². The van der Waals surface area contributed by atoms with Gasteiger partial charge in [0.05, 0.1) is 12.3 Å². The highest BCUT2D eigenvalue weighted by Crippen LogP contribution is 2.30. The fourth-order valence-electron chi connectivity index (χ4n) is 2.98. The number of carbonyl (C=O) groups is 1. The summed E-state index contributed by atoms with van der Waals surface area (Å²) in [5.41, 5.74) is 2.31. The van der Waals surface area contributed by atoms with Gasteiger partial charge in [0.15, 0.2) is 6.61 Å². The van der Waals surface area contributed by atoms with E-state index >= 15 is 0 Å². The first-order valence-electron chi connectivity index (χ1n) is 8.22. The molecule has 1 heterocycles. The Labute approximate surface area is 136 Å². The van der Waals surface area contributed by atoms with Crippen LogP contribution < -0.4 is 10.1 Å². The predicted octanol–water partition coefficient (Wildman–Crippen LogP) is 3.98. The molecule has 122 valence electrons. The van der Waals surface area contributed by atoms with E-state index in [9.17, 15) is 4.79 Å². The molecule has 0 fully saturated rings. The molecule has 4 heteroatoms. The van der Waals surface area contributed by atoms with Crippen molar-refractivity contribution in [2.45, 2.75) is 45.1 Å². The van der Waals surface area contributed by atoms with Crippen LogP contribution in [0.1, 0.15) is 55.5 Å². The number of amides is 1. The molecule has 1 aromatic heterocycles. The van der Waals surface area contributed by atoms with Crippen molar-refractivity contribution in [3.05, 3.63) is 53.5 Å². The molecule has 23 heavy (non-hydrogen) atoms. The van der Waals surface area contributed by atoms with Crippen LogP contribution in [0.5, 0.6) is 5.75 Å². The Hall–Kier alpha value is -2.23. The maximum Gasteiger partial charge on any atom is 0.258 e. The summed E-state index contributed by atoms with van der Waals surface area (Å²) in [6, 6.07) is 9.89. The molecule has 0 aliphatic heterocycles. The van der Waals surface area contributed by atoms with E-state index in [2.05, 4.69) is 25.2 Å². The van der Waals surface area contributed by atoms with Crippen LogP contribution in [0, 0.1) is 0 Å². The molecule has 1 aliphatic rings. The zero-order valence-electron chi connectivity index (χ0n) is 13.7. The van der Waals surface area contributed by atoms with Crippen molar-refractivity contribution >= 4 is 5.91 Å². The van der Waals surface area contributed by atoms with Crippen LogP contribution >= 0.6 is 0 Å². The van der Waals surface area contributed by atoms with Crippen LogP contribution in [0.2, 0.25) is 0 Å². The van der Waals surface area contributed by atoms with E-state index in [0.29, 0.717) is 5.92 Å². The smallest absolute Gasteiger partial charge is 0.258 e. The third-order valence-corrected chi connectivity index (χ3v) is 4.28. The van der Waals surface area contributed by atoms with Gasteiger partial charge >= 0.3 is 0 Å². The zero-order valence-corrected chi connectivity index (χ0v) is 13.7. The van der Waals surface area contributed by atoms with Gasteiger partial charge in [-0.2, -0.15) is 0 Å². The summed E-state index contributed by atoms with van der Waals surface area (Å²) in [7, 11) is 0. The summed E-state index contributed by atoms with van der Waals surface area (Å²) < 4.78 is 11.1. The summed E-state index contributed by atoms with van der Waals surface area (Å²) in [6.45, 7) is 4.31. The van der Waals surface area contributed by atoms with E-state index in [4.69, 9.17) is 9.15 Å². The van der Waals surface area contributed by atoms with Crippen LogP contribution in [0.4, 0.5) is 0 Å². The van der Waals surface area contributed by atoms with Crippen LogP contribution in [-0.4, -0.2) is 12.5 Å². The maximum absolute atomic E-state index is 12.2. The number of fused-ring (bicyclic) bond motifs is 1. The lowest BCUT2D eigenvalue weighted by molar-refractivity contribution is -0.124. The molecule has 1 aliphatic carbocycles. The molecular formula is C19H23NO3. The molecule has 1 atom stereocenters. The molecule has 3 rings (SSSR count). The van der Waals surface area contributed by atoms with Crippen molar-refractivity contribution in [3.8, 4) is 5.75 Å². The van der Waals surface area contributed by atoms with Crippen molar-refractivity contribution in [3.63, 3.8) is 0 Å². The first kappa shape index (κ1) is 15.7. The Morgan fingerprint density at radius 1 is 1.39 bits per heavy atom. The molecule has 1 N–H and O–H groups in total. The Balaban J connectivity index is 1.56. The van der Waals surface area contributed by atoms with Gasteiger partial charge in [0.2, 0.25) is 0 Å². The molecule has 0 saturated heterocycles. The van der Waals surface area contributed by atoms with E-state index < -0.39 is 0 Å². The molecule has 1 amide bonds.